The topological polar surface area (TPSA) is 78.1 Å². The van der Waals surface area contributed by atoms with Gasteiger partial charge in [-0.05, 0) is 36.1 Å². The van der Waals surface area contributed by atoms with Crippen LogP contribution in [0.15, 0.2) is 77.9 Å². The summed E-state index contributed by atoms with van der Waals surface area (Å²) in [7, 11) is 1.41. The van der Waals surface area contributed by atoms with Crippen LogP contribution in [0.25, 0.3) is 0 Å². The molecule has 0 spiro atoms. The standard InChI is InChI=1S/C28H27FN4O3/c1-36-24-6-4-5-22(26(24)29)15-30-28(35)23-18-33(31-27(23)21-12-13-21)17-20-10-8-19(9-11-20)16-32-14-3-2-7-25(32)34/h2-11,14,18,21H,12-13,15-17H2,1H3,(H,30,35). The lowest BCUT2D eigenvalue weighted by molar-refractivity contribution is 0.0949. The maximum atomic E-state index is 14.5. The third kappa shape index (κ3) is 5.22. The first-order valence-electron chi connectivity index (χ1n) is 11.9. The van der Waals surface area contributed by atoms with Crippen LogP contribution >= 0.6 is 0 Å². The molecule has 5 rings (SSSR count). The molecule has 0 aliphatic heterocycles. The Bertz CT molecular complexity index is 1440. The average molecular weight is 487 g/mol. The van der Waals surface area contributed by atoms with E-state index in [0.717, 1.165) is 29.7 Å². The largest absolute Gasteiger partial charge is 0.494 e. The van der Waals surface area contributed by atoms with Crippen molar-refractivity contribution in [2.24, 2.45) is 0 Å². The van der Waals surface area contributed by atoms with Crippen LogP contribution in [0.3, 0.4) is 0 Å². The molecule has 0 unspecified atom stereocenters. The predicted molar refractivity (Wildman–Crippen MR) is 134 cm³/mol. The number of rotatable bonds is 9. The molecule has 0 radical (unpaired) electrons. The predicted octanol–water partition coefficient (Wildman–Crippen LogP) is 4.10. The van der Waals surface area contributed by atoms with Crippen LogP contribution < -0.4 is 15.6 Å². The Labute approximate surface area is 208 Å². The van der Waals surface area contributed by atoms with Gasteiger partial charge in [0.15, 0.2) is 11.6 Å². The summed E-state index contributed by atoms with van der Waals surface area (Å²) in [6.07, 6.45) is 5.56. The van der Waals surface area contributed by atoms with E-state index in [0.29, 0.717) is 24.2 Å². The van der Waals surface area contributed by atoms with Crippen molar-refractivity contribution in [2.45, 2.75) is 38.4 Å². The fourth-order valence-corrected chi connectivity index (χ4v) is 4.20. The average Bonchev–Trinajstić information content (AvgIpc) is 3.65. The van der Waals surface area contributed by atoms with Gasteiger partial charge in [-0.1, -0.05) is 42.5 Å². The summed E-state index contributed by atoms with van der Waals surface area (Å²) in [6.45, 7) is 1.08. The Morgan fingerprint density at radius 2 is 1.81 bits per heavy atom. The zero-order chi connectivity index (χ0) is 25.1. The van der Waals surface area contributed by atoms with E-state index in [-0.39, 0.29) is 29.7 Å². The van der Waals surface area contributed by atoms with E-state index in [1.807, 2.05) is 30.3 Å². The summed E-state index contributed by atoms with van der Waals surface area (Å²) in [5.74, 6) is -0.310. The van der Waals surface area contributed by atoms with Crippen molar-refractivity contribution in [2.75, 3.05) is 7.11 Å². The Morgan fingerprint density at radius 3 is 2.50 bits per heavy atom. The molecule has 2 aromatic carbocycles. The summed E-state index contributed by atoms with van der Waals surface area (Å²) < 4.78 is 22.9. The van der Waals surface area contributed by atoms with Crippen LogP contribution in [0.4, 0.5) is 4.39 Å². The number of benzene rings is 2. The lowest BCUT2D eigenvalue weighted by Gasteiger charge is -2.09. The van der Waals surface area contributed by atoms with Crippen molar-refractivity contribution in [1.29, 1.82) is 0 Å². The maximum Gasteiger partial charge on any atom is 0.255 e. The fraction of sp³-hybridized carbons (Fsp3) is 0.250. The number of nitrogens with one attached hydrogen (secondary N) is 1. The van der Waals surface area contributed by atoms with E-state index in [4.69, 9.17) is 9.84 Å². The monoisotopic (exact) mass is 486 g/mol. The molecule has 1 amide bonds. The molecule has 0 bridgehead atoms. The SMILES string of the molecule is COc1cccc(CNC(=O)c2cn(Cc3ccc(Cn4ccccc4=O)cc3)nc2C2CC2)c1F. The summed E-state index contributed by atoms with van der Waals surface area (Å²) in [5.41, 5.74) is 3.71. The first kappa shape index (κ1) is 23.5. The molecule has 0 saturated heterocycles. The first-order chi connectivity index (χ1) is 17.5. The van der Waals surface area contributed by atoms with Crippen molar-refractivity contribution >= 4 is 5.91 Å². The van der Waals surface area contributed by atoms with E-state index >= 15 is 0 Å². The molecule has 2 aromatic heterocycles. The smallest absolute Gasteiger partial charge is 0.255 e. The normalized spacial score (nSPS) is 12.9. The molecule has 1 N–H and O–H groups in total. The van der Waals surface area contributed by atoms with Gasteiger partial charge in [-0.3, -0.25) is 14.3 Å². The van der Waals surface area contributed by atoms with E-state index in [1.54, 1.807) is 52.0 Å². The molecular weight excluding hydrogens is 459 g/mol. The summed E-state index contributed by atoms with van der Waals surface area (Å²) in [6, 6.07) is 18.0. The van der Waals surface area contributed by atoms with Gasteiger partial charge in [0, 0.05) is 36.5 Å². The first-order valence-corrected chi connectivity index (χ1v) is 11.9. The molecule has 1 fully saturated rings. The van der Waals surface area contributed by atoms with Gasteiger partial charge >= 0.3 is 0 Å². The molecule has 1 saturated carbocycles. The quantitative estimate of drug-likeness (QED) is 0.387. The van der Waals surface area contributed by atoms with Gasteiger partial charge in [0.1, 0.15) is 0 Å². The van der Waals surface area contributed by atoms with Crippen LogP contribution in [0.2, 0.25) is 0 Å². The second kappa shape index (κ2) is 10.2. The number of carbonyl (C=O) groups excluding carboxylic acids is 1. The van der Waals surface area contributed by atoms with Crippen molar-refractivity contribution < 1.29 is 13.9 Å². The summed E-state index contributed by atoms with van der Waals surface area (Å²) in [4.78, 5) is 25.0. The second-order valence-electron chi connectivity index (χ2n) is 9.00. The van der Waals surface area contributed by atoms with Gasteiger partial charge < -0.3 is 14.6 Å². The molecule has 36 heavy (non-hydrogen) atoms. The number of pyridine rings is 1. The van der Waals surface area contributed by atoms with Gasteiger partial charge in [-0.15, -0.1) is 0 Å². The number of nitrogens with zero attached hydrogens (tertiary/aromatic N) is 3. The van der Waals surface area contributed by atoms with Gasteiger partial charge in [-0.2, -0.15) is 5.10 Å². The van der Waals surface area contributed by atoms with Gasteiger partial charge in [0.2, 0.25) is 0 Å². The van der Waals surface area contributed by atoms with Gasteiger partial charge in [0.25, 0.3) is 11.5 Å². The highest BCUT2D eigenvalue weighted by atomic mass is 19.1. The number of amides is 1. The Kier molecular flexibility index (Phi) is 6.66. The molecule has 1 aliphatic carbocycles. The van der Waals surface area contributed by atoms with Crippen LogP contribution in [0.1, 0.15) is 51.5 Å². The number of hydrogen-bond donors (Lipinski definition) is 1. The minimum Gasteiger partial charge on any atom is -0.494 e. The van der Waals surface area contributed by atoms with Crippen molar-refractivity contribution in [1.82, 2.24) is 19.7 Å². The fourth-order valence-electron chi connectivity index (χ4n) is 4.20. The molecule has 7 nitrogen and oxygen atoms in total. The van der Waals surface area contributed by atoms with Gasteiger partial charge in [-0.25, -0.2) is 4.39 Å². The lowest BCUT2D eigenvalue weighted by Crippen LogP contribution is -2.24. The Balaban J connectivity index is 1.27. The number of ether oxygens (including phenoxy) is 1. The van der Waals surface area contributed by atoms with Crippen molar-refractivity contribution in [3.05, 3.63) is 117 Å². The number of hydrogen-bond acceptors (Lipinski definition) is 4. The van der Waals surface area contributed by atoms with Gasteiger partial charge in [0.05, 0.1) is 31.5 Å². The molecular formula is C28H27FN4O3. The number of halogens is 1. The van der Waals surface area contributed by atoms with Crippen molar-refractivity contribution in [3.8, 4) is 5.75 Å². The molecule has 1 aliphatic rings. The third-order valence-corrected chi connectivity index (χ3v) is 6.32. The van der Waals surface area contributed by atoms with E-state index in [2.05, 4.69) is 5.32 Å². The number of aromatic nitrogens is 3. The molecule has 0 atom stereocenters. The number of methoxy groups -OCH3 is 1. The van der Waals surface area contributed by atoms with Crippen LogP contribution in [-0.4, -0.2) is 27.4 Å². The maximum absolute atomic E-state index is 14.5. The highest BCUT2D eigenvalue weighted by molar-refractivity contribution is 5.95. The highest BCUT2D eigenvalue weighted by Crippen LogP contribution is 2.40. The highest BCUT2D eigenvalue weighted by Gasteiger charge is 2.31. The third-order valence-electron chi connectivity index (χ3n) is 6.32. The zero-order valence-corrected chi connectivity index (χ0v) is 20.0. The van der Waals surface area contributed by atoms with Crippen LogP contribution in [-0.2, 0) is 19.6 Å². The van der Waals surface area contributed by atoms with E-state index < -0.39 is 5.82 Å². The van der Waals surface area contributed by atoms with Crippen LogP contribution in [0, 0.1) is 5.82 Å². The summed E-state index contributed by atoms with van der Waals surface area (Å²) in [5, 5.41) is 7.53. The van der Waals surface area contributed by atoms with E-state index in [1.165, 1.54) is 7.11 Å². The lowest BCUT2D eigenvalue weighted by atomic mass is 10.1. The molecule has 2 heterocycles. The molecule has 8 heteroatoms. The van der Waals surface area contributed by atoms with Crippen LogP contribution in [0.5, 0.6) is 5.75 Å². The van der Waals surface area contributed by atoms with E-state index in [9.17, 15) is 14.0 Å². The molecule has 4 aromatic rings. The Hall–Kier alpha value is -4.20. The number of carbonyl (C=O) groups is 1. The second-order valence-corrected chi connectivity index (χ2v) is 9.00. The Morgan fingerprint density at radius 1 is 1.06 bits per heavy atom. The molecule has 184 valence electrons. The zero-order valence-electron chi connectivity index (χ0n) is 20.0. The minimum atomic E-state index is -0.473. The summed E-state index contributed by atoms with van der Waals surface area (Å²) >= 11 is 0. The van der Waals surface area contributed by atoms with Crippen molar-refractivity contribution in [3.63, 3.8) is 0 Å². The minimum absolute atomic E-state index is 0.0364.